The number of nitrogens with zero attached hydrogens (tertiary/aromatic N) is 1. The van der Waals surface area contributed by atoms with E-state index in [1.165, 1.54) is 11.4 Å². The van der Waals surface area contributed by atoms with Crippen LogP contribution in [0.2, 0.25) is 0 Å². The second-order valence-electron chi connectivity index (χ2n) is 3.79. The third-order valence-electron chi connectivity index (χ3n) is 3.05. The van der Waals surface area contributed by atoms with Gasteiger partial charge in [0.15, 0.2) is 0 Å². The van der Waals surface area contributed by atoms with Gasteiger partial charge in [-0.1, -0.05) is 24.0 Å². The van der Waals surface area contributed by atoms with E-state index in [9.17, 15) is 4.79 Å². The first-order valence-electron chi connectivity index (χ1n) is 4.42. The zero-order valence-electron chi connectivity index (χ0n) is 7.31. The summed E-state index contributed by atoms with van der Waals surface area (Å²) in [4.78, 5) is 11.6. The van der Waals surface area contributed by atoms with Gasteiger partial charge in [0.05, 0.1) is 0 Å². The molecular weight excluding hydrogens is 273 g/mol. The first-order valence-corrected chi connectivity index (χ1v) is 4.82. The van der Waals surface area contributed by atoms with Crippen molar-refractivity contribution in [3.05, 3.63) is 0 Å². The zero-order chi connectivity index (χ0) is 8.77. The van der Waals surface area contributed by atoms with Crippen molar-refractivity contribution in [3.8, 4) is 0 Å². The Kier molecular flexibility index (Phi) is 3.42. The average Bonchev–Trinajstić information content (AvgIpc) is 2.28. The van der Waals surface area contributed by atoms with Crippen LogP contribution in [0, 0.1) is 5.92 Å². The zero-order valence-corrected chi connectivity index (χ0v) is 9.86. The van der Waals surface area contributed by atoms with E-state index < -0.39 is 4.75 Å². The Bertz CT molecular complexity index is 226. The van der Waals surface area contributed by atoms with Crippen LogP contribution in [0.3, 0.4) is 0 Å². The molecule has 0 spiro atoms. The Hall–Kier alpha value is 0.403. The van der Waals surface area contributed by atoms with E-state index in [1.54, 1.807) is 0 Å². The molecule has 75 valence electrons. The molecule has 3 nitrogen and oxygen atoms in total. The monoisotopic (exact) mass is 287 g/mol. The molecule has 1 aliphatic carbocycles. The molecule has 0 bridgehead atoms. The number of rotatable bonds is 0. The van der Waals surface area contributed by atoms with Crippen LogP contribution in [-0.2, 0) is 36.9 Å². The SMILES string of the molecule is NN1CC2CCCCC2([S-])C1=O.[Ru+]. The molecule has 1 saturated carbocycles. The van der Waals surface area contributed by atoms with Crippen LogP contribution < -0.4 is 5.84 Å². The molecule has 0 aromatic heterocycles. The van der Waals surface area contributed by atoms with E-state index in [2.05, 4.69) is 0 Å². The van der Waals surface area contributed by atoms with Gasteiger partial charge in [-0.2, -0.15) is 0 Å². The predicted octanol–water partition coefficient (Wildman–Crippen LogP) is 0.176. The molecule has 1 aliphatic heterocycles. The molecule has 1 saturated heterocycles. The van der Waals surface area contributed by atoms with Gasteiger partial charge in [-0.05, 0) is 12.3 Å². The van der Waals surface area contributed by atoms with Crippen LogP contribution in [0.1, 0.15) is 25.7 Å². The van der Waals surface area contributed by atoms with Crippen LogP contribution in [0.4, 0.5) is 0 Å². The molecule has 0 aromatic carbocycles. The number of hydrazine groups is 1. The topological polar surface area (TPSA) is 46.3 Å². The van der Waals surface area contributed by atoms with Gasteiger partial charge < -0.3 is 12.6 Å². The van der Waals surface area contributed by atoms with Crippen LogP contribution >= 0.6 is 0 Å². The van der Waals surface area contributed by atoms with E-state index in [4.69, 9.17) is 18.5 Å². The molecule has 13 heavy (non-hydrogen) atoms. The van der Waals surface area contributed by atoms with E-state index >= 15 is 0 Å². The minimum absolute atomic E-state index is 0. The van der Waals surface area contributed by atoms with Crippen molar-refractivity contribution in [2.75, 3.05) is 6.54 Å². The molecule has 0 aromatic rings. The Morgan fingerprint density at radius 1 is 1.54 bits per heavy atom. The predicted molar refractivity (Wildman–Crippen MR) is 48.0 cm³/mol. The first kappa shape index (κ1) is 11.5. The molecular formula is C8H13N2ORuS. The standard InChI is InChI=1S/C8H14N2OS.Ru/c9-10-5-6-3-1-2-4-8(6,12)7(10)11;/h6,12H,1-5,9H2;/q;+1/p-1. The summed E-state index contributed by atoms with van der Waals surface area (Å²) in [7, 11) is 0. The van der Waals surface area contributed by atoms with Gasteiger partial charge >= 0.3 is 19.5 Å². The third kappa shape index (κ3) is 1.66. The maximum Gasteiger partial charge on any atom is 1.00 e. The Labute approximate surface area is 96.6 Å². The Balaban J connectivity index is 0.000000845. The summed E-state index contributed by atoms with van der Waals surface area (Å²) in [5.41, 5.74) is 0. The molecule has 2 unspecified atom stereocenters. The van der Waals surface area contributed by atoms with Gasteiger partial charge in [0.1, 0.15) is 0 Å². The first-order chi connectivity index (χ1) is 5.64. The summed E-state index contributed by atoms with van der Waals surface area (Å²) in [6.07, 6.45) is 4.20. The normalized spacial score (nSPS) is 38.5. The van der Waals surface area contributed by atoms with Gasteiger partial charge in [-0.3, -0.25) is 9.80 Å². The molecule has 1 heterocycles. The van der Waals surface area contributed by atoms with E-state index in [0.29, 0.717) is 12.5 Å². The second kappa shape index (κ2) is 3.87. The number of nitrogens with two attached hydrogens (primary N) is 1. The van der Waals surface area contributed by atoms with Crippen molar-refractivity contribution in [2.24, 2.45) is 11.8 Å². The minimum atomic E-state index is -0.535. The molecule has 2 atom stereocenters. The van der Waals surface area contributed by atoms with Crippen LogP contribution in [-0.4, -0.2) is 22.2 Å². The van der Waals surface area contributed by atoms with Gasteiger partial charge in [0, 0.05) is 6.54 Å². The summed E-state index contributed by atoms with van der Waals surface area (Å²) in [5, 5.41) is 1.31. The summed E-state index contributed by atoms with van der Waals surface area (Å²) < 4.78 is -0.535. The number of hydrogen-bond acceptors (Lipinski definition) is 3. The van der Waals surface area contributed by atoms with Crippen LogP contribution in [0.5, 0.6) is 0 Å². The van der Waals surface area contributed by atoms with Crippen molar-refractivity contribution >= 4 is 18.5 Å². The van der Waals surface area contributed by atoms with E-state index in [0.717, 1.165) is 19.3 Å². The number of carbonyl (C=O) groups is 1. The fourth-order valence-corrected chi connectivity index (χ4v) is 2.75. The molecule has 1 amide bonds. The molecule has 2 N–H and O–H groups in total. The van der Waals surface area contributed by atoms with Crippen LogP contribution in [0.15, 0.2) is 0 Å². The summed E-state index contributed by atoms with van der Waals surface area (Å²) in [6, 6.07) is 0. The molecule has 2 fully saturated rings. The van der Waals surface area contributed by atoms with Crippen molar-refractivity contribution in [2.45, 2.75) is 30.4 Å². The van der Waals surface area contributed by atoms with E-state index in [-0.39, 0.29) is 25.4 Å². The van der Waals surface area contributed by atoms with Crippen molar-refractivity contribution < 1.29 is 24.3 Å². The fourth-order valence-electron chi connectivity index (χ4n) is 2.30. The smallest absolute Gasteiger partial charge is 0.776 e. The minimum Gasteiger partial charge on any atom is -0.776 e. The largest absolute Gasteiger partial charge is 1.00 e. The molecule has 5 heteroatoms. The van der Waals surface area contributed by atoms with Crippen molar-refractivity contribution in [3.63, 3.8) is 0 Å². The second-order valence-corrected chi connectivity index (χ2v) is 4.52. The van der Waals surface area contributed by atoms with Gasteiger partial charge in [-0.25, -0.2) is 5.84 Å². The molecule has 2 rings (SSSR count). The Morgan fingerprint density at radius 3 is 2.85 bits per heavy atom. The number of fused-ring (bicyclic) bond motifs is 1. The quantitative estimate of drug-likeness (QED) is 0.299. The molecule has 2 aliphatic rings. The fraction of sp³-hybridized carbons (Fsp3) is 0.875. The Morgan fingerprint density at radius 2 is 2.23 bits per heavy atom. The van der Waals surface area contributed by atoms with E-state index in [1.807, 2.05) is 0 Å². The van der Waals surface area contributed by atoms with Gasteiger partial charge in [-0.15, -0.1) is 0 Å². The maximum atomic E-state index is 11.6. The van der Waals surface area contributed by atoms with Gasteiger partial charge in [0.25, 0.3) is 0 Å². The molecule has 1 radical (unpaired) electrons. The number of hydrogen-bond donors (Lipinski definition) is 1. The maximum absolute atomic E-state index is 11.6. The van der Waals surface area contributed by atoms with Crippen molar-refractivity contribution in [1.29, 1.82) is 0 Å². The summed E-state index contributed by atoms with van der Waals surface area (Å²) in [6.45, 7) is 0.669. The van der Waals surface area contributed by atoms with Crippen molar-refractivity contribution in [1.82, 2.24) is 5.01 Å². The van der Waals surface area contributed by atoms with Crippen LogP contribution in [0.25, 0.3) is 0 Å². The van der Waals surface area contributed by atoms with Gasteiger partial charge in [0.2, 0.25) is 5.91 Å². The summed E-state index contributed by atoms with van der Waals surface area (Å²) >= 11 is 5.37. The summed E-state index contributed by atoms with van der Waals surface area (Å²) in [5.74, 6) is 5.85. The number of amides is 1. The number of carbonyl (C=O) groups excluding carboxylic acids is 1. The third-order valence-corrected chi connectivity index (χ3v) is 3.76. The average molecular weight is 286 g/mol.